The molecule has 2 aliphatic carbocycles. The lowest BCUT2D eigenvalue weighted by Crippen LogP contribution is -2.40. The first-order chi connectivity index (χ1) is 15.8. The number of aryl methyl sites for hydroxylation is 1. The van der Waals surface area contributed by atoms with Crippen molar-refractivity contribution in [1.29, 1.82) is 0 Å². The second kappa shape index (κ2) is 9.85. The Labute approximate surface area is 194 Å². The van der Waals surface area contributed by atoms with Gasteiger partial charge in [0, 0.05) is 18.7 Å². The SMILES string of the molecule is Cc1cc(NC(=O)Nc2cc([C@H]3C[C@H]3C(=O)O)ccc2N(CC(C)C)C2CCCCC2)no1. The Morgan fingerprint density at radius 1 is 1.18 bits per heavy atom. The lowest BCUT2D eigenvalue weighted by atomic mass is 9.92. The first-order valence-electron chi connectivity index (χ1n) is 12.0. The van der Waals surface area contributed by atoms with Crippen molar-refractivity contribution in [3.8, 4) is 0 Å². The van der Waals surface area contributed by atoms with Crippen LogP contribution in [0, 0.1) is 18.8 Å². The van der Waals surface area contributed by atoms with Crippen LogP contribution in [-0.4, -0.2) is 34.9 Å². The van der Waals surface area contributed by atoms with E-state index in [1.807, 2.05) is 12.1 Å². The van der Waals surface area contributed by atoms with Crippen molar-refractivity contribution in [1.82, 2.24) is 5.16 Å². The third kappa shape index (κ3) is 5.67. The fourth-order valence-electron chi connectivity index (χ4n) is 4.90. The van der Waals surface area contributed by atoms with E-state index in [2.05, 4.69) is 40.6 Å². The number of amides is 2. The van der Waals surface area contributed by atoms with E-state index < -0.39 is 12.0 Å². The highest BCUT2D eigenvalue weighted by Gasteiger charge is 2.44. The number of carbonyl (C=O) groups is 2. The molecule has 8 nitrogen and oxygen atoms in total. The molecule has 3 N–H and O–H groups in total. The molecule has 8 heteroatoms. The van der Waals surface area contributed by atoms with Gasteiger partial charge in [-0.2, -0.15) is 0 Å². The van der Waals surface area contributed by atoms with E-state index in [0.29, 0.717) is 35.6 Å². The molecule has 33 heavy (non-hydrogen) atoms. The van der Waals surface area contributed by atoms with Crippen molar-refractivity contribution in [3.63, 3.8) is 0 Å². The van der Waals surface area contributed by atoms with Crippen molar-refractivity contribution in [2.24, 2.45) is 11.8 Å². The van der Waals surface area contributed by atoms with E-state index in [0.717, 1.165) is 30.6 Å². The Morgan fingerprint density at radius 3 is 2.55 bits per heavy atom. The minimum Gasteiger partial charge on any atom is -0.481 e. The zero-order valence-corrected chi connectivity index (χ0v) is 19.6. The number of anilines is 3. The number of carbonyl (C=O) groups excluding carboxylic acids is 1. The van der Waals surface area contributed by atoms with Crippen molar-refractivity contribution < 1.29 is 19.2 Å². The number of nitrogens with zero attached hydrogens (tertiary/aromatic N) is 2. The first kappa shape index (κ1) is 23.1. The van der Waals surface area contributed by atoms with Crippen LogP contribution in [0.2, 0.25) is 0 Å². The maximum Gasteiger partial charge on any atom is 0.325 e. The molecule has 0 radical (unpaired) electrons. The van der Waals surface area contributed by atoms with Crippen LogP contribution >= 0.6 is 0 Å². The van der Waals surface area contributed by atoms with Crippen molar-refractivity contribution in [2.75, 3.05) is 22.1 Å². The molecular weight excluding hydrogens is 420 g/mol. The summed E-state index contributed by atoms with van der Waals surface area (Å²) >= 11 is 0. The highest BCUT2D eigenvalue weighted by Crippen LogP contribution is 2.49. The topological polar surface area (TPSA) is 108 Å². The highest BCUT2D eigenvalue weighted by molar-refractivity contribution is 6.01. The zero-order chi connectivity index (χ0) is 23.5. The van der Waals surface area contributed by atoms with Gasteiger partial charge in [0.15, 0.2) is 5.82 Å². The molecule has 2 aromatic rings. The molecule has 2 fully saturated rings. The van der Waals surface area contributed by atoms with Gasteiger partial charge in [0.05, 0.1) is 17.3 Å². The third-order valence-corrected chi connectivity index (χ3v) is 6.56. The molecule has 1 heterocycles. The van der Waals surface area contributed by atoms with Crippen LogP contribution in [-0.2, 0) is 4.79 Å². The molecule has 1 aromatic carbocycles. The molecule has 0 bridgehead atoms. The number of hydrogen-bond donors (Lipinski definition) is 3. The summed E-state index contributed by atoms with van der Waals surface area (Å²) < 4.78 is 5.04. The number of hydrogen-bond acceptors (Lipinski definition) is 5. The van der Waals surface area contributed by atoms with E-state index in [1.54, 1.807) is 13.0 Å². The number of rotatable bonds is 8. The fraction of sp³-hybridized carbons (Fsp3) is 0.560. The summed E-state index contributed by atoms with van der Waals surface area (Å²) in [5, 5.41) is 18.9. The quantitative estimate of drug-likeness (QED) is 0.478. The predicted molar refractivity (Wildman–Crippen MR) is 128 cm³/mol. The van der Waals surface area contributed by atoms with E-state index in [1.165, 1.54) is 19.3 Å². The van der Waals surface area contributed by atoms with Gasteiger partial charge in [-0.15, -0.1) is 0 Å². The number of aromatic nitrogens is 1. The minimum atomic E-state index is -0.763. The van der Waals surface area contributed by atoms with Gasteiger partial charge in [-0.3, -0.25) is 10.1 Å². The van der Waals surface area contributed by atoms with Gasteiger partial charge >= 0.3 is 12.0 Å². The van der Waals surface area contributed by atoms with Crippen LogP contribution in [0.4, 0.5) is 22.0 Å². The molecule has 2 saturated carbocycles. The zero-order valence-electron chi connectivity index (χ0n) is 19.6. The Morgan fingerprint density at radius 2 is 1.94 bits per heavy atom. The van der Waals surface area contributed by atoms with Crippen LogP contribution < -0.4 is 15.5 Å². The molecule has 2 aliphatic rings. The Bertz CT molecular complexity index is 996. The van der Waals surface area contributed by atoms with Crippen molar-refractivity contribution >= 4 is 29.2 Å². The van der Waals surface area contributed by atoms with Crippen LogP contribution in [0.25, 0.3) is 0 Å². The number of urea groups is 1. The average Bonchev–Trinajstić information content (AvgIpc) is 3.49. The Kier molecular flexibility index (Phi) is 6.91. The molecule has 4 rings (SSSR count). The standard InChI is InChI=1S/C25H34N4O4/c1-15(2)14-29(18-7-5-4-6-8-18)22-10-9-17(19-13-20(19)24(30)31)12-21(22)26-25(32)27-23-11-16(3)33-28-23/h9-12,15,18-20H,4-8,13-14H2,1-3H3,(H,30,31)(H2,26,27,28,32)/t19-,20-/m1/s1. The summed E-state index contributed by atoms with van der Waals surface area (Å²) in [5.41, 5.74) is 2.64. The maximum atomic E-state index is 12.8. The van der Waals surface area contributed by atoms with E-state index in [4.69, 9.17) is 4.52 Å². The Balaban J connectivity index is 1.63. The molecule has 0 aliphatic heterocycles. The number of aliphatic carboxylic acids is 1. The smallest absolute Gasteiger partial charge is 0.325 e. The van der Waals surface area contributed by atoms with Gasteiger partial charge in [0.2, 0.25) is 0 Å². The summed E-state index contributed by atoms with van der Waals surface area (Å²) in [6.45, 7) is 7.07. The second-order valence-corrected chi connectivity index (χ2v) is 9.80. The van der Waals surface area contributed by atoms with E-state index in [9.17, 15) is 14.7 Å². The number of carboxylic acids is 1. The van der Waals surface area contributed by atoms with Crippen molar-refractivity contribution in [2.45, 2.75) is 71.3 Å². The van der Waals surface area contributed by atoms with Gasteiger partial charge in [-0.05, 0) is 55.7 Å². The van der Waals surface area contributed by atoms with Crippen LogP contribution in [0.1, 0.15) is 69.6 Å². The molecule has 178 valence electrons. The highest BCUT2D eigenvalue weighted by atomic mass is 16.5. The molecule has 2 atom stereocenters. The molecule has 0 saturated heterocycles. The number of carboxylic acid groups (broad SMARTS) is 1. The van der Waals surface area contributed by atoms with Gasteiger partial charge < -0.3 is 19.8 Å². The first-order valence-corrected chi connectivity index (χ1v) is 12.0. The Hall–Kier alpha value is -3.03. The number of nitrogens with one attached hydrogen (secondary N) is 2. The van der Waals surface area contributed by atoms with Crippen LogP contribution in [0.15, 0.2) is 28.8 Å². The summed E-state index contributed by atoms with van der Waals surface area (Å²) in [6.07, 6.45) is 6.62. The largest absolute Gasteiger partial charge is 0.481 e. The van der Waals surface area contributed by atoms with E-state index >= 15 is 0 Å². The summed E-state index contributed by atoms with van der Waals surface area (Å²) in [4.78, 5) is 26.7. The van der Waals surface area contributed by atoms with Crippen LogP contribution in [0.3, 0.4) is 0 Å². The molecule has 0 unspecified atom stereocenters. The number of benzene rings is 1. The molecule has 0 spiro atoms. The normalized spacial score (nSPS) is 20.5. The molecule has 2 amide bonds. The lowest BCUT2D eigenvalue weighted by Gasteiger charge is -2.38. The monoisotopic (exact) mass is 454 g/mol. The summed E-state index contributed by atoms with van der Waals surface area (Å²) in [5.74, 6) is 0.309. The summed E-state index contributed by atoms with van der Waals surface area (Å²) in [6, 6.07) is 7.72. The molecule has 1 aromatic heterocycles. The van der Waals surface area contributed by atoms with Gasteiger partial charge in [0.1, 0.15) is 5.76 Å². The second-order valence-electron chi connectivity index (χ2n) is 9.80. The lowest BCUT2D eigenvalue weighted by molar-refractivity contribution is -0.138. The third-order valence-electron chi connectivity index (χ3n) is 6.56. The van der Waals surface area contributed by atoms with E-state index in [-0.39, 0.29) is 11.8 Å². The van der Waals surface area contributed by atoms with Crippen LogP contribution in [0.5, 0.6) is 0 Å². The fourth-order valence-corrected chi connectivity index (χ4v) is 4.90. The molecular formula is C25H34N4O4. The predicted octanol–water partition coefficient (Wildman–Crippen LogP) is 5.61. The van der Waals surface area contributed by atoms with Gasteiger partial charge in [-0.25, -0.2) is 4.79 Å². The average molecular weight is 455 g/mol. The van der Waals surface area contributed by atoms with Crippen molar-refractivity contribution in [3.05, 3.63) is 35.6 Å². The maximum absolute atomic E-state index is 12.8. The van der Waals surface area contributed by atoms with Gasteiger partial charge in [-0.1, -0.05) is 44.3 Å². The minimum absolute atomic E-state index is 0.00780. The summed E-state index contributed by atoms with van der Waals surface area (Å²) in [7, 11) is 0. The van der Waals surface area contributed by atoms with Gasteiger partial charge in [0.25, 0.3) is 0 Å².